The third-order valence-corrected chi connectivity index (χ3v) is 4.82. The van der Waals surface area contributed by atoms with Crippen molar-refractivity contribution < 1.29 is 14.3 Å². The molecule has 6 heteroatoms. The van der Waals surface area contributed by atoms with E-state index >= 15 is 0 Å². The van der Waals surface area contributed by atoms with Crippen molar-refractivity contribution in [2.24, 2.45) is 10.8 Å². The van der Waals surface area contributed by atoms with Crippen LogP contribution in [0.15, 0.2) is 0 Å². The van der Waals surface area contributed by atoms with Crippen molar-refractivity contribution in [3.8, 4) is 0 Å². The molecule has 3 fully saturated rings. The highest BCUT2D eigenvalue weighted by molar-refractivity contribution is 5.87. The van der Waals surface area contributed by atoms with Crippen LogP contribution in [-0.4, -0.2) is 55.2 Å². The predicted molar refractivity (Wildman–Crippen MR) is 73.2 cm³/mol. The smallest absolute Gasteiger partial charge is 0.410 e. The molecular formula is C14H23N3O3. The first-order valence-corrected chi connectivity index (χ1v) is 7.25. The second kappa shape index (κ2) is 4.10. The largest absolute Gasteiger partial charge is 0.444 e. The monoisotopic (exact) mass is 281 g/mol. The third-order valence-electron chi connectivity index (χ3n) is 4.82. The zero-order valence-electron chi connectivity index (χ0n) is 12.4. The van der Waals surface area contributed by atoms with Crippen molar-refractivity contribution in [1.82, 2.24) is 15.5 Å². The summed E-state index contributed by atoms with van der Waals surface area (Å²) in [4.78, 5) is 26.0. The van der Waals surface area contributed by atoms with Crippen LogP contribution in [0.2, 0.25) is 0 Å². The van der Waals surface area contributed by atoms with Gasteiger partial charge >= 0.3 is 6.09 Å². The van der Waals surface area contributed by atoms with Crippen molar-refractivity contribution >= 4 is 12.0 Å². The lowest BCUT2D eigenvalue weighted by Gasteiger charge is -2.53. The molecule has 0 aliphatic carbocycles. The van der Waals surface area contributed by atoms with Crippen LogP contribution in [0.3, 0.4) is 0 Å². The van der Waals surface area contributed by atoms with Gasteiger partial charge in [0.2, 0.25) is 5.91 Å². The maximum Gasteiger partial charge on any atom is 0.410 e. The number of amides is 2. The highest BCUT2D eigenvalue weighted by Gasteiger charge is 2.66. The Hall–Kier alpha value is -1.30. The van der Waals surface area contributed by atoms with Gasteiger partial charge in [0.05, 0.1) is 5.41 Å². The number of hydrogen-bond donors (Lipinski definition) is 2. The molecule has 3 saturated heterocycles. The Morgan fingerprint density at radius 3 is 2.55 bits per heavy atom. The summed E-state index contributed by atoms with van der Waals surface area (Å²) in [6.45, 7) is 9.09. The molecule has 3 rings (SSSR count). The van der Waals surface area contributed by atoms with Crippen molar-refractivity contribution in [3.63, 3.8) is 0 Å². The van der Waals surface area contributed by atoms with Gasteiger partial charge in [0.1, 0.15) is 5.60 Å². The number of nitrogens with one attached hydrogen (secondary N) is 2. The van der Waals surface area contributed by atoms with E-state index in [9.17, 15) is 9.59 Å². The molecule has 1 atom stereocenters. The molecule has 3 aliphatic heterocycles. The molecule has 2 amide bonds. The van der Waals surface area contributed by atoms with Crippen molar-refractivity contribution in [2.75, 3.05) is 32.7 Å². The number of carbonyl (C=O) groups is 2. The van der Waals surface area contributed by atoms with E-state index in [4.69, 9.17) is 4.74 Å². The first kappa shape index (κ1) is 13.7. The zero-order valence-corrected chi connectivity index (χ0v) is 12.4. The van der Waals surface area contributed by atoms with E-state index in [1.54, 1.807) is 4.90 Å². The number of rotatable bonds is 0. The number of carbonyl (C=O) groups excluding carboxylic acids is 2. The molecule has 112 valence electrons. The van der Waals surface area contributed by atoms with E-state index in [2.05, 4.69) is 10.6 Å². The minimum absolute atomic E-state index is 0.107. The molecule has 0 aromatic rings. The molecule has 0 aromatic heterocycles. The number of hydrogen-bond acceptors (Lipinski definition) is 4. The summed E-state index contributed by atoms with van der Waals surface area (Å²) in [6, 6.07) is 0. The van der Waals surface area contributed by atoms with Gasteiger partial charge in [0.25, 0.3) is 0 Å². The predicted octanol–water partition coefficient (Wildman–Crippen LogP) is 0.333. The molecule has 2 N–H and O–H groups in total. The summed E-state index contributed by atoms with van der Waals surface area (Å²) in [5, 5.41) is 6.29. The Morgan fingerprint density at radius 1 is 1.30 bits per heavy atom. The number of fused-ring (bicyclic) bond motifs is 1. The Labute approximate surface area is 119 Å². The molecule has 0 radical (unpaired) electrons. The summed E-state index contributed by atoms with van der Waals surface area (Å²) in [7, 11) is 0. The molecule has 3 heterocycles. The lowest BCUT2D eigenvalue weighted by Crippen LogP contribution is -2.67. The van der Waals surface area contributed by atoms with E-state index in [0.29, 0.717) is 13.1 Å². The maximum atomic E-state index is 12.2. The molecule has 0 aromatic carbocycles. The topological polar surface area (TPSA) is 70.7 Å². The molecule has 0 bridgehead atoms. The summed E-state index contributed by atoms with van der Waals surface area (Å²) >= 11 is 0. The van der Waals surface area contributed by atoms with Crippen LogP contribution in [0, 0.1) is 10.8 Å². The molecule has 2 spiro atoms. The Kier molecular flexibility index (Phi) is 2.80. The second-order valence-corrected chi connectivity index (χ2v) is 7.31. The van der Waals surface area contributed by atoms with Gasteiger partial charge in [-0.3, -0.25) is 4.79 Å². The fraction of sp³-hybridized carbons (Fsp3) is 0.857. The van der Waals surface area contributed by atoms with Crippen molar-refractivity contribution in [2.45, 2.75) is 32.8 Å². The minimum atomic E-state index is -0.476. The van der Waals surface area contributed by atoms with Gasteiger partial charge < -0.3 is 20.3 Å². The number of nitrogens with zero attached hydrogens (tertiary/aromatic N) is 1. The van der Waals surface area contributed by atoms with Gasteiger partial charge in [-0.1, -0.05) is 0 Å². The van der Waals surface area contributed by atoms with E-state index in [1.165, 1.54) is 0 Å². The van der Waals surface area contributed by atoms with Crippen molar-refractivity contribution in [1.29, 1.82) is 0 Å². The van der Waals surface area contributed by atoms with Gasteiger partial charge in [0, 0.05) is 38.1 Å². The highest BCUT2D eigenvalue weighted by Crippen LogP contribution is 2.53. The summed E-state index contributed by atoms with van der Waals surface area (Å²) in [5.74, 6) is 0.145. The lowest BCUT2D eigenvalue weighted by atomic mass is 9.60. The zero-order chi connectivity index (χ0) is 14.6. The van der Waals surface area contributed by atoms with Gasteiger partial charge in [-0.05, 0) is 27.2 Å². The third kappa shape index (κ3) is 1.81. The van der Waals surface area contributed by atoms with Crippen LogP contribution >= 0.6 is 0 Å². The molecule has 3 aliphatic rings. The summed E-state index contributed by atoms with van der Waals surface area (Å²) in [6.07, 6.45) is 0.588. The maximum absolute atomic E-state index is 12.2. The van der Waals surface area contributed by atoms with Crippen LogP contribution in [0.5, 0.6) is 0 Å². The SMILES string of the molecule is CC(C)(C)OC(=O)N1CC2(CNC[C@]23CCNC3=O)C1. The van der Waals surface area contributed by atoms with E-state index in [0.717, 1.165) is 26.1 Å². The first-order valence-electron chi connectivity index (χ1n) is 7.25. The minimum Gasteiger partial charge on any atom is -0.444 e. The second-order valence-electron chi connectivity index (χ2n) is 7.31. The van der Waals surface area contributed by atoms with Crippen LogP contribution in [0.1, 0.15) is 27.2 Å². The van der Waals surface area contributed by atoms with E-state index in [-0.39, 0.29) is 22.8 Å². The first-order chi connectivity index (χ1) is 9.28. The molecule has 6 nitrogen and oxygen atoms in total. The van der Waals surface area contributed by atoms with Gasteiger partial charge in [-0.2, -0.15) is 0 Å². The Bertz CT molecular complexity index is 447. The number of ether oxygens (including phenoxy) is 1. The van der Waals surface area contributed by atoms with Gasteiger partial charge in [-0.15, -0.1) is 0 Å². The fourth-order valence-electron chi connectivity index (χ4n) is 3.77. The fourth-order valence-corrected chi connectivity index (χ4v) is 3.77. The van der Waals surface area contributed by atoms with Crippen LogP contribution in [-0.2, 0) is 9.53 Å². The highest BCUT2D eigenvalue weighted by atomic mass is 16.6. The lowest BCUT2D eigenvalue weighted by molar-refractivity contribution is -0.140. The Balaban J connectivity index is 1.69. The summed E-state index contributed by atoms with van der Waals surface area (Å²) in [5.41, 5.74) is -0.911. The number of likely N-dealkylation sites (tertiary alicyclic amines) is 1. The van der Waals surface area contributed by atoms with Crippen molar-refractivity contribution in [3.05, 3.63) is 0 Å². The van der Waals surface area contributed by atoms with Crippen LogP contribution < -0.4 is 10.6 Å². The molecule has 20 heavy (non-hydrogen) atoms. The Morgan fingerprint density at radius 2 is 2.00 bits per heavy atom. The molecule has 0 unspecified atom stereocenters. The molecule has 0 saturated carbocycles. The van der Waals surface area contributed by atoms with Crippen LogP contribution in [0.25, 0.3) is 0 Å². The van der Waals surface area contributed by atoms with E-state index in [1.807, 2.05) is 20.8 Å². The normalized spacial score (nSPS) is 31.6. The average molecular weight is 281 g/mol. The molecular weight excluding hydrogens is 258 g/mol. The van der Waals surface area contributed by atoms with Gasteiger partial charge in [0.15, 0.2) is 0 Å². The standard InChI is InChI=1S/C14H23N3O3/c1-12(2,3)20-11(19)17-8-13(9-17)6-15-7-14(13)4-5-16-10(14)18/h15H,4-9H2,1-3H3,(H,16,18)/t14-/m0/s1. The van der Waals surface area contributed by atoms with Gasteiger partial charge in [-0.25, -0.2) is 4.79 Å². The van der Waals surface area contributed by atoms with E-state index < -0.39 is 5.60 Å². The quantitative estimate of drug-likeness (QED) is 0.671. The summed E-state index contributed by atoms with van der Waals surface area (Å²) < 4.78 is 5.39. The average Bonchev–Trinajstić information content (AvgIpc) is 2.81. The van der Waals surface area contributed by atoms with Crippen LogP contribution in [0.4, 0.5) is 4.79 Å².